The van der Waals surface area contributed by atoms with Crippen LogP contribution >= 0.6 is 0 Å². The normalized spacial score (nSPS) is 11.0. The smallest absolute Gasteiger partial charge is 0.161 e. The van der Waals surface area contributed by atoms with E-state index < -0.39 is 0 Å². The molecule has 1 heteroatoms. The summed E-state index contributed by atoms with van der Waals surface area (Å²) < 4.78 is 2.46. The summed E-state index contributed by atoms with van der Waals surface area (Å²) >= 11 is 0. The van der Waals surface area contributed by atoms with Crippen molar-refractivity contribution in [2.45, 2.75) is 54.9 Å². The van der Waals surface area contributed by atoms with Crippen molar-refractivity contribution in [1.29, 1.82) is 0 Å². The molecule has 1 nitrogen and oxygen atoms in total. The van der Waals surface area contributed by atoms with Crippen molar-refractivity contribution in [1.82, 2.24) is 0 Å². The maximum absolute atomic E-state index is 2.46. The Morgan fingerprint density at radius 2 is 1.23 bits per heavy atom. The highest BCUT2D eigenvalue weighted by Crippen LogP contribution is 2.31. The van der Waals surface area contributed by atoms with Gasteiger partial charge in [0.2, 0.25) is 5.69 Å². The Morgan fingerprint density at radius 3 is 1.69 bits per heavy atom. The topological polar surface area (TPSA) is 3.88 Å². The Labute approximate surface area is 158 Å². The molecule has 3 rings (SSSR count). The summed E-state index contributed by atoms with van der Waals surface area (Å²) in [5, 5.41) is 0. The Kier molecular flexibility index (Phi) is 5.00. The molecule has 26 heavy (non-hydrogen) atoms. The van der Waals surface area contributed by atoms with E-state index in [4.69, 9.17) is 0 Å². The summed E-state index contributed by atoms with van der Waals surface area (Å²) in [5.74, 6) is 0. The minimum Gasteiger partial charge on any atom is -0.161 e. The van der Waals surface area contributed by atoms with Gasteiger partial charge in [-0.25, -0.2) is 0 Å². The van der Waals surface area contributed by atoms with E-state index in [0.29, 0.717) is 0 Å². The van der Waals surface area contributed by atoms with Crippen LogP contribution in [0.5, 0.6) is 0 Å². The highest BCUT2D eigenvalue weighted by atomic mass is 15.0. The van der Waals surface area contributed by atoms with Gasteiger partial charge in [0, 0.05) is 36.1 Å². The van der Waals surface area contributed by atoms with Crippen molar-refractivity contribution in [2.75, 3.05) is 0 Å². The van der Waals surface area contributed by atoms with Crippen LogP contribution in [0.25, 0.3) is 16.8 Å². The van der Waals surface area contributed by atoms with Gasteiger partial charge in [0.25, 0.3) is 0 Å². The lowest BCUT2D eigenvalue weighted by atomic mass is 9.92. The summed E-state index contributed by atoms with van der Waals surface area (Å²) in [7, 11) is 0. The molecule has 0 saturated carbocycles. The third-order valence-electron chi connectivity index (χ3n) is 5.75. The predicted molar refractivity (Wildman–Crippen MR) is 111 cm³/mol. The first kappa shape index (κ1) is 18.4. The van der Waals surface area contributed by atoms with Gasteiger partial charge in [-0.1, -0.05) is 37.3 Å². The lowest BCUT2D eigenvalue weighted by Crippen LogP contribution is -2.41. The van der Waals surface area contributed by atoms with E-state index in [1.807, 2.05) is 0 Å². The van der Waals surface area contributed by atoms with Crippen LogP contribution in [-0.2, 0) is 6.42 Å². The molecule has 0 unspecified atom stereocenters. The van der Waals surface area contributed by atoms with Gasteiger partial charge in [-0.2, -0.15) is 4.57 Å². The van der Waals surface area contributed by atoms with Gasteiger partial charge in [-0.3, -0.25) is 0 Å². The molecule has 0 fully saturated rings. The van der Waals surface area contributed by atoms with Gasteiger partial charge in [-0.15, -0.1) is 0 Å². The summed E-state index contributed by atoms with van der Waals surface area (Å²) in [6, 6.07) is 15.4. The summed E-state index contributed by atoms with van der Waals surface area (Å²) in [4.78, 5) is 0. The Morgan fingerprint density at radius 1 is 0.731 bits per heavy atom. The first-order valence-corrected chi connectivity index (χ1v) is 9.55. The van der Waals surface area contributed by atoms with E-state index in [9.17, 15) is 0 Å². The molecular formula is C25H30N+. The first-order valence-electron chi connectivity index (χ1n) is 9.55. The van der Waals surface area contributed by atoms with Crippen molar-refractivity contribution in [3.8, 4) is 16.8 Å². The molecule has 3 aromatic rings. The molecule has 1 heterocycles. The maximum atomic E-state index is 2.46. The van der Waals surface area contributed by atoms with Crippen LogP contribution in [0.2, 0.25) is 0 Å². The minimum absolute atomic E-state index is 1.08. The monoisotopic (exact) mass is 344 g/mol. The Bertz CT molecular complexity index is 913. The van der Waals surface area contributed by atoms with E-state index in [1.165, 1.54) is 56.0 Å². The second-order valence-electron chi connectivity index (χ2n) is 7.43. The van der Waals surface area contributed by atoms with Crippen LogP contribution in [0, 0.1) is 41.5 Å². The average Bonchev–Trinajstić information content (AvgIpc) is 2.63. The molecule has 134 valence electrons. The van der Waals surface area contributed by atoms with Crippen LogP contribution in [0.4, 0.5) is 0 Å². The number of hydrogen-bond donors (Lipinski definition) is 0. The molecule has 0 saturated heterocycles. The van der Waals surface area contributed by atoms with Gasteiger partial charge in [0.1, 0.15) is 0 Å². The van der Waals surface area contributed by atoms with Gasteiger partial charge >= 0.3 is 0 Å². The van der Waals surface area contributed by atoms with E-state index in [-0.39, 0.29) is 0 Å². The third-order valence-corrected chi connectivity index (χ3v) is 5.75. The first-order chi connectivity index (χ1) is 12.4. The molecular weight excluding hydrogens is 314 g/mol. The second kappa shape index (κ2) is 7.07. The number of nitrogens with zero attached hydrogens (tertiary/aromatic N) is 1. The lowest BCUT2D eigenvalue weighted by molar-refractivity contribution is -0.611. The molecule has 0 aliphatic carbocycles. The average molecular weight is 345 g/mol. The zero-order chi connectivity index (χ0) is 19.0. The lowest BCUT2D eigenvalue weighted by Gasteiger charge is -2.17. The Balaban J connectivity index is 2.33. The SMILES string of the molecule is CCc1cc(C)c(-[n+]2c(C)c(C)c(-c3ccccc3)c(C)c2C)c(C)c1. The molecule has 0 bridgehead atoms. The number of aryl methyl sites for hydroxylation is 3. The van der Waals surface area contributed by atoms with Crippen LogP contribution < -0.4 is 4.57 Å². The summed E-state index contributed by atoms with van der Waals surface area (Å²) in [5.41, 5.74) is 13.5. The molecule has 0 aliphatic heterocycles. The molecule has 0 N–H and O–H groups in total. The van der Waals surface area contributed by atoms with Crippen molar-refractivity contribution in [3.63, 3.8) is 0 Å². The largest absolute Gasteiger partial charge is 0.216 e. The van der Waals surface area contributed by atoms with E-state index in [0.717, 1.165) is 6.42 Å². The second-order valence-corrected chi connectivity index (χ2v) is 7.43. The fourth-order valence-corrected chi connectivity index (χ4v) is 4.21. The van der Waals surface area contributed by atoms with Crippen LogP contribution in [-0.4, -0.2) is 0 Å². The maximum Gasteiger partial charge on any atom is 0.216 e. The molecule has 0 aliphatic rings. The van der Waals surface area contributed by atoms with Crippen molar-refractivity contribution in [2.24, 2.45) is 0 Å². The van der Waals surface area contributed by atoms with Gasteiger partial charge in [-0.05, 0) is 62.9 Å². The summed E-state index contributed by atoms with van der Waals surface area (Å²) in [6.07, 6.45) is 1.08. The Hall–Kier alpha value is -2.41. The zero-order valence-electron chi connectivity index (χ0n) is 17.2. The fraction of sp³-hybridized carbons (Fsp3) is 0.320. The molecule has 0 spiro atoms. The van der Waals surface area contributed by atoms with Gasteiger partial charge in [0.15, 0.2) is 11.4 Å². The van der Waals surface area contributed by atoms with E-state index in [2.05, 4.69) is 95.5 Å². The summed E-state index contributed by atoms with van der Waals surface area (Å²) in [6.45, 7) is 15.7. The number of pyridine rings is 1. The minimum atomic E-state index is 1.08. The number of rotatable bonds is 3. The van der Waals surface area contributed by atoms with Crippen LogP contribution in [0.15, 0.2) is 42.5 Å². The van der Waals surface area contributed by atoms with Crippen molar-refractivity contribution >= 4 is 0 Å². The fourth-order valence-electron chi connectivity index (χ4n) is 4.21. The molecule has 1 aromatic heterocycles. The number of hydrogen-bond acceptors (Lipinski definition) is 0. The van der Waals surface area contributed by atoms with Crippen LogP contribution in [0.3, 0.4) is 0 Å². The molecule has 0 atom stereocenters. The van der Waals surface area contributed by atoms with Gasteiger partial charge in [0.05, 0.1) is 0 Å². The highest BCUT2D eigenvalue weighted by Gasteiger charge is 2.26. The standard InChI is InChI=1S/C25H30N/c1-8-22-14-16(2)25(17(3)15-22)26-20(6)18(4)24(19(5)21(26)7)23-12-10-9-11-13-23/h9-15H,8H2,1-7H3/q+1. The molecule has 2 aromatic carbocycles. The zero-order valence-corrected chi connectivity index (χ0v) is 17.2. The van der Waals surface area contributed by atoms with Crippen LogP contribution in [0.1, 0.15) is 46.1 Å². The van der Waals surface area contributed by atoms with Gasteiger partial charge < -0.3 is 0 Å². The van der Waals surface area contributed by atoms with E-state index >= 15 is 0 Å². The van der Waals surface area contributed by atoms with Crippen molar-refractivity contribution in [3.05, 3.63) is 81.7 Å². The van der Waals surface area contributed by atoms with E-state index in [1.54, 1.807) is 0 Å². The number of benzene rings is 2. The molecule has 0 amide bonds. The van der Waals surface area contributed by atoms with Crippen molar-refractivity contribution < 1.29 is 4.57 Å². The quantitative estimate of drug-likeness (QED) is 0.510. The predicted octanol–water partition coefficient (Wildman–Crippen LogP) is 6.04. The number of aromatic nitrogens is 1. The molecule has 0 radical (unpaired) electrons. The third kappa shape index (κ3) is 2.96. The highest BCUT2D eigenvalue weighted by molar-refractivity contribution is 5.71.